The molecule has 1 aromatic heterocycles. The van der Waals surface area contributed by atoms with Crippen LogP contribution in [0.15, 0.2) is 53.9 Å². The monoisotopic (exact) mass is 486 g/mol. The van der Waals surface area contributed by atoms with E-state index in [1.54, 1.807) is 5.38 Å². The lowest BCUT2D eigenvalue weighted by molar-refractivity contribution is 0.0911. The Morgan fingerprint density at radius 3 is 2.50 bits per heavy atom. The van der Waals surface area contributed by atoms with Crippen LogP contribution in [0.1, 0.15) is 41.2 Å². The maximum atomic E-state index is 13.8. The van der Waals surface area contributed by atoms with Crippen LogP contribution in [0, 0.1) is 11.6 Å². The van der Waals surface area contributed by atoms with Crippen LogP contribution in [0.3, 0.4) is 0 Å². The molecule has 3 N–H and O–H groups in total. The Hall–Kier alpha value is -3.53. The molecule has 1 heterocycles. The summed E-state index contributed by atoms with van der Waals surface area (Å²) in [6.45, 7) is 0.260. The highest BCUT2D eigenvalue weighted by atomic mass is 32.1. The summed E-state index contributed by atoms with van der Waals surface area (Å²) in [5.74, 6) is -1.20. The van der Waals surface area contributed by atoms with Crippen molar-refractivity contribution < 1.29 is 23.1 Å². The van der Waals surface area contributed by atoms with Crippen LogP contribution >= 0.6 is 11.3 Å². The highest BCUT2D eigenvalue weighted by molar-refractivity contribution is 7.09. The molecule has 0 saturated heterocycles. The maximum Gasteiger partial charge on any atom is 0.319 e. The lowest BCUT2D eigenvalue weighted by atomic mass is 9.90. The topological polar surface area (TPSA) is 92.4 Å². The van der Waals surface area contributed by atoms with Crippen molar-refractivity contribution in [1.82, 2.24) is 15.6 Å². The van der Waals surface area contributed by atoms with E-state index in [0.29, 0.717) is 29.6 Å². The third-order valence-electron chi connectivity index (χ3n) is 5.47. The summed E-state index contributed by atoms with van der Waals surface area (Å²) in [4.78, 5) is 29.5. The number of carbonyl (C=O) groups excluding carboxylic acids is 2. The fraction of sp³-hybridized carbons (Fsp3) is 0.292. The fourth-order valence-corrected chi connectivity index (χ4v) is 4.47. The summed E-state index contributed by atoms with van der Waals surface area (Å²) < 4.78 is 32.6. The number of hydrogen-bond acceptors (Lipinski definition) is 5. The molecule has 0 aliphatic heterocycles. The number of hydrogen-bond donors (Lipinski definition) is 3. The first-order valence-corrected chi connectivity index (χ1v) is 11.8. The summed E-state index contributed by atoms with van der Waals surface area (Å²) in [7, 11) is 0. The van der Waals surface area contributed by atoms with Gasteiger partial charge >= 0.3 is 6.03 Å². The number of thiazole rings is 1. The van der Waals surface area contributed by atoms with E-state index in [4.69, 9.17) is 4.74 Å². The molecule has 2 unspecified atom stereocenters. The molecule has 1 fully saturated rings. The predicted octanol–water partition coefficient (Wildman–Crippen LogP) is 4.86. The third-order valence-corrected chi connectivity index (χ3v) is 6.29. The molecule has 2 aromatic carbocycles. The molecule has 7 nitrogen and oxygen atoms in total. The van der Waals surface area contributed by atoms with E-state index in [0.717, 1.165) is 30.7 Å². The molecule has 4 rings (SSSR count). The summed E-state index contributed by atoms with van der Waals surface area (Å²) in [6, 6.07) is 11.0. The number of para-hydroxylation sites is 1. The van der Waals surface area contributed by atoms with Crippen molar-refractivity contribution in [3.63, 3.8) is 0 Å². The average molecular weight is 487 g/mol. The Morgan fingerprint density at radius 1 is 1.03 bits per heavy atom. The zero-order valence-corrected chi connectivity index (χ0v) is 19.0. The quantitative estimate of drug-likeness (QED) is 0.445. The van der Waals surface area contributed by atoms with Gasteiger partial charge < -0.3 is 20.7 Å². The van der Waals surface area contributed by atoms with Gasteiger partial charge in [0, 0.05) is 17.5 Å². The van der Waals surface area contributed by atoms with Gasteiger partial charge in [-0.3, -0.25) is 4.79 Å². The highest BCUT2D eigenvalue weighted by Gasteiger charge is 2.29. The number of nitrogens with one attached hydrogen (secondary N) is 3. The molecule has 1 aliphatic carbocycles. The van der Waals surface area contributed by atoms with E-state index in [1.807, 2.05) is 30.3 Å². The Labute approximate surface area is 199 Å². The second kappa shape index (κ2) is 11.1. The SMILES string of the molecule is O=C(Nc1ccc(F)cc1F)NC1CCCCC1NC(=O)c1csc(COc2ccccc2)n1. The van der Waals surface area contributed by atoms with Crippen LogP contribution in [0.2, 0.25) is 0 Å². The van der Waals surface area contributed by atoms with Crippen LogP contribution in [0.25, 0.3) is 0 Å². The largest absolute Gasteiger partial charge is 0.486 e. The Bertz CT molecular complexity index is 1140. The van der Waals surface area contributed by atoms with Gasteiger partial charge in [-0.1, -0.05) is 31.0 Å². The second-order valence-electron chi connectivity index (χ2n) is 7.92. The number of anilines is 1. The number of urea groups is 1. The molecular weight excluding hydrogens is 462 g/mol. The average Bonchev–Trinajstić information content (AvgIpc) is 3.31. The van der Waals surface area contributed by atoms with Crippen LogP contribution in [-0.2, 0) is 6.61 Å². The minimum absolute atomic E-state index is 0.122. The summed E-state index contributed by atoms with van der Waals surface area (Å²) in [6.07, 6.45) is 3.15. The van der Waals surface area contributed by atoms with Crippen molar-refractivity contribution in [2.45, 2.75) is 44.4 Å². The predicted molar refractivity (Wildman–Crippen MR) is 125 cm³/mol. The van der Waals surface area contributed by atoms with Crippen molar-refractivity contribution in [2.24, 2.45) is 0 Å². The number of rotatable bonds is 7. The molecule has 3 amide bonds. The number of ether oxygens (including phenoxy) is 1. The van der Waals surface area contributed by atoms with Gasteiger partial charge in [-0.15, -0.1) is 11.3 Å². The van der Waals surface area contributed by atoms with Crippen LogP contribution in [0.4, 0.5) is 19.3 Å². The number of nitrogens with zero attached hydrogens (tertiary/aromatic N) is 1. The molecule has 0 radical (unpaired) electrons. The third kappa shape index (κ3) is 6.28. The van der Waals surface area contributed by atoms with E-state index >= 15 is 0 Å². The van der Waals surface area contributed by atoms with Gasteiger partial charge in [0.15, 0.2) is 0 Å². The molecule has 178 valence electrons. The minimum Gasteiger partial charge on any atom is -0.486 e. The molecule has 2 atom stereocenters. The van der Waals surface area contributed by atoms with E-state index in [2.05, 4.69) is 20.9 Å². The maximum absolute atomic E-state index is 13.8. The Kier molecular flexibility index (Phi) is 7.69. The van der Waals surface area contributed by atoms with Gasteiger partial charge in [0.1, 0.15) is 34.7 Å². The van der Waals surface area contributed by atoms with Crippen molar-refractivity contribution in [3.05, 3.63) is 76.2 Å². The zero-order chi connectivity index (χ0) is 23.9. The molecule has 3 aromatic rings. The smallest absolute Gasteiger partial charge is 0.319 e. The number of carbonyl (C=O) groups is 2. The van der Waals surface area contributed by atoms with Gasteiger partial charge in [0.05, 0.1) is 11.7 Å². The van der Waals surface area contributed by atoms with E-state index in [-0.39, 0.29) is 30.3 Å². The van der Waals surface area contributed by atoms with Crippen LogP contribution in [-0.4, -0.2) is 29.0 Å². The summed E-state index contributed by atoms with van der Waals surface area (Å²) in [5.41, 5.74) is 0.168. The second-order valence-corrected chi connectivity index (χ2v) is 8.86. The first-order chi connectivity index (χ1) is 16.5. The zero-order valence-electron chi connectivity index (χ0n) is 18.2. The lowest BCUT2D eigenvalue weighted by Gasteiger charge is -2.32. The van der Waals surface area contributed by atoms with E-state index in [1.165, 1.54) is 11.3 Å². The van der Waals surface area contributed by atoms with Gasteiger partial charge in [0.2, 0.25) is 0 Å². The van der Waals surface area contributed by atoms with Crippen molar-refractivity contribution in [3.8, 4) is 5.75 Å². The number of halogens is 2. The van der Waals surface area contributed by atoms with Crippen molar-refractivity contribution in [1.29, 1.82) is 0 Å². The van der Waals surface area contributed by atoms with Gasteiger partial charge in [0.25, 0.3) is 5.91 Å². The normalized spacial score (nSPS) is 17.6. The molecule has 0 bridgehead atoms. The first kappa shape index (κ1) is 23.6. The van der Waals surface area contributed by atoms with Gasteiger partial charge in [-0.25, -0.2) is 18.6 Å². The number of aromatic nitrogens is 1. The minimum atomic E-state index is -0.862. The van der Waals surface area contributed by atoms with Crippen molar-refractivity contribution in [2.75, 3.05) is 5.32 Å². The molecule has 10 heteroatoms. The van der Waals surface area contributed by atoms with Gasteiger partial charge in [-0.2, -0.15) is 0 Å². The number of amides is 3. The van der Waals surface area contributed by atoms with Crippen molar-refractivity contribution >= 4 is 29.0 Å². The standard InChI is InChI=1S/C24H24F2N4O3S/c25-15-10-11-18(17(26)12-15)29-24(32)30-20-9-5-4-8-19(20)28-23(31)21-14-34-22(27-21)13-33-16-6-2-1-3-7-16/h1-3,6-7,10-12,14,19-20H,4-5,8-9,13H2,(H,28,31)(H2,29,30,32). The highest BCUT2D eigenvalue weighted by Crippen LogP contribution is 2.21. The lowest BCUT2D eigenvalue weighted by Crippen LogP contribution is -2.54. The first-order valence-electron chi connectivity index (χ1n) is 10.9. The van der Waals surface area contributed by atoms with Crippen LogP contribution < -0.4 is 20.7 Å². The Balaban J connectivity index is 1.32. The molecule has 34 heavy (non-hydrogen) atoms. The summed E-state index contributed by atoms with van der Waals surface area (Å²) in [5, 5.41) is 10.5. The summed E-state index contributed by atoms with van der Waals surface area (Å²) >= 11 is 1.34. The van der Waals surface area contributed by atoms with Gasteiger partial charge in [-0.05, 0) is 37.1 Å². The molecule has 1 saturated carbocycles. The molecule has 0 spiro atoms. The molecular formula is C24H24F2N4O3S. The molecule has 1 aliphatic rings. The fourth-order valence-electron chi connectivity index (χ4n) is 3.78. The van der Waals surface area contributed by atoms with E-state index in [9.17, 15) is 18.4 Å². The Morgan fingerprint density at radius 2 is 1.76 bits per heavy atom. The van der Waals surface area contributed by atoms with E-state index < -0.39 is 17.7 Å². The number of benzene rings is 2. The van der Waals surface area contributed by atoms with Crippen LogP contribution in [0.5, 0.6) is 5.75 Å².